The summed E-state index contributed by atoms with van der Waals surface area (Å²) in [5.41, 5.74) is 0.0555. The zero-order valence-electron chi connectivity index (χ0n) is 12.7. The molecule has 1 atom stereocenters. The molecule has 4 bridgehead atoms. The van der Waals surface area contributed by atoms with Crippen LogP contribution in [0.4, 0.5) is 0 Å². The normalized spacial score (nSPS) is 49.5. The molecule has 5 fully saturated rings. The average Bonchev–Trinajstić information content (AvgIpc) is 2.86. The molecule has 1 heterocycles. The lowest BCUT2D eigenvalue weighted by atomic mass is 9.53. The Labute approximate surface area is 122 Å². The van der Waals surface area contributed by atoms with Crippen molar-refractivity contribution < 1.29 is 4.79 Å². The molecular weight excluding hydrogens is 248 g/mol. The molecule has 0 aromatic heterocycles. The van der Waals surface area contributed by atoms with Gasteiger partial charge in [-0.05, 0) is 75.7 Å². The van der Waals surface area contributed by atoms with Gasteiger partial charge in [0.25, 0.3) is 0 Å². The Morgan fingerprint density at radius 3 is 2.20 bits per heavy atom. The summed E-state index contributed by atoms with van der Waals surface area (Å²) in [6.07, 6.45) is 10.1. The molecule has 1 saturated heterocycles. The van der Waals surface area contributed by atoms with Gasteiger partial charge < -0.3 is 10.6 Å². The Morgan fingerprint density at radius 1 is 1.15 bits per heavy atom. The number of hydrogen-bond acceptors (Lipinski definition) is 2. The molecule has 5 rings (SSSR count). The van der Waals surface area contributed by atoms with Crippen LogP contribution in [0.1, 0.15) is 58.3 Å². The highest BCUT2D eigenvalue weighted by Crippen LogP contribution is 2.55. The quantitative estimate of drug-likeness (QED) is 0.831. The van der Waals surface area contributed by atoms with Gasteiger partial charge >= 0.3 is 0 Å². The molecule has 5 aliphatic rings. The lowest BCUT2D eigenvalue weighted by molar-refractivity contribution is -0.136. The molecule has 0 radical (unpaired) electrons. The van der Waals surface area contributed by atoms with Gasteiger partial charge in [0.1, 0.15) is 0 Å². The summed E-state index contributed by atoms with van der Waals surface area (Å²) in [5, 5.41) is 6.97. The van der Waals surface area contributed by atoms with Crippen molar-refractivity contribution in [3.8, 4) is 0 Å². The summed E-state index contributed by atoms with van der Waals surface area (Å²) in [7, 11) is 0. The van der Waals surface area contributed by atoms with Crippen LogP contribution in [0.5, 0.6) is 0 Å². The van der Waals surface area contributed by atoms with Gasteiger partial charge in [-0.3, -0.25) is 4.79 Å². The maximum absolute atomic E-state index is 12.9. The first-order chi connectivity index (χ1) is 9.63. The van der Waals surface area contributed by atoms with Crippen LogP contribution in [0.15, 0.2) is 0 Å². The van der Waals surface area contributed by atoms with Crippen LogP contribution >= 0.6 is 0 Å². The second-order valence-electron chi connectivity index (χ2n) is 8.21. The third kappa shape index (κ3) is 1.93. The van der Waals surface area contributed by atoms with Crippen LogP contribution in [0.2, 0.25) is 0 Å². The molecule has 4 saturated carbocycles. The second-order valence-corrected chi connectivity index (χ2v) is 8.21. The fourth-order valence-corrected chi connectivity index (χ4v) is 6.04. The molecule has 1 unspecified atom stereocenters. The van der Waals surface area contributed by atoms with E-state index < -0.39 is 0 Å². The van der Waals surface area contributed by atoms with Crippen molar-refractivity contribution in [3.05, 3.63) is 0 Å². The third-order valence-electron chi connectivity index (χ3n) is 6.82. The molecule has 1 amide bonds. The van der Waals surface area contributed by atoms with E-state index in [1.807, 2.05) is 0 Å². The molecule has 0 aromatic carbocycles. The minimum atomic E-state index is -0.122. The Hall–Kier alpha value is -0.570. The highest BCUT2D eigenvalue weighted by Gasteiger charge is 2.53. The SMILES string of the molecule is CCC1(C(=O)NC23CC4CC(CC(C4)C2)C3)CCNC1. The predicted octanol–water partition coefficient (Wildman–Crippen LogP) is 2.46. The summed E-state index contributed by atoms with van der Waals surface area (Å²) < 4.78 is 0. The van der Waals surface area contributed by atoms with E-state index in [1.54, 1.807) is 0 Å². The number of hydrogen-bond donors (Lipinski definition) is 2. The van der Waals surface area contributed by atoms with Gasteiger partial charge in [-0.15, -0.1) is 0 Å². The molecule has 3 heteroatoms. The monoisotopic (exact) mass is 276 g/mol. The van der Waals surface area contributed by atoms with E-state index in [4.69, 9.17) is 0 Å². The van der Waals surface area contributed by atoms with Crippen LogP contribution in [0.3, 0.4) is 0 Å². The van der Waals surface area contributed by atoms with E-state index in [9.17, 15) is 4.79 Å². The van der Waals surface area contributed by atoms with Gasteiger partial charge in [0, 0.05) is 12.1 Å². The first-order valence-corrected chi connectivity index (χ1v) is 8.66. The number of amides is 1. The van der Waals surface area contributed by atoms with Crippen LogP contribution in [0, 0.1) is 23.2 Å². The maximum atomic E-state index is 12.9. The Morgan fingerprint density at radius 2 is 1.75 bits per heavy atom. The van der Waals surface area contributed by atoms with Crippen LogP contribution < -0.4 is 10.6 Å². The number of carbonyl (C=O) groups excluding carboxylic acids is 1. The van der Waals surface area contributed by atoms with Crippen LogP contribution in [-0.4, -0.2) is 24.5 Å². The fraction of sp³-hybridized carbons (Fsp3) is 0.941. The molecule has 3 nitrogen and oxygen atoms in total. The van der Waals surface area contributed by atoms with Gasteiger partial charge in [-0.25, -0.2) is 0 Å². The highest BCUT2D eigenvalue weighted by molar-refractivity contribution is 5.84. The van der Waals surface area contributed by atoms with Crippen molar-refractivity contribution >= 4 is 5.91 Å². The Bertz CT molecular complexity index is 376. The molecule has 0 spiro atoms. The predicted molar refractivity (Wildman–Crippen MR) is 79.3 cm³/mol. The van der Waals surface area contributed by atoms with Gasteiger partial charge in [0.2, 0.25) is 5.91 Å². The van der Waals surface area contributed by atoms with Crippen molar-refractivity contribution in [2.24, 2.45) is 23.2 Å². The first kappa shape index (κ1) is 13.1. The summed E-state index contributed by atoms with van der Waals surface area (Å²) >= 11 is 0. The molecular formula is C17H28N2O. The van der Waals surface area contributed by atoms with E-state index >= 15 is 0 Å². The minimum absolute atomic E-state index is 0.122. The minimum Gasteiger partial charge on any atom is -0.350 e. The summed E-state index contributed by atoms with van der Waals surface area (Å²) in [5.74, 6) is 3.06. The van der Waals surface area contributed by atoms with Gasteiger partial charge in [0.05, 0.1) is 5.41 Å². The van der Waals surface area contributed by atoms with E-state index in [1.165, 1.54) is 38.5 Å². The van der Waals surface area contributed by atoms with Gasteiger partial charge in [-0.2, -0.15) is 0 Å². The number of carbonyl (C=O) groups is 1. The van der Waals surface area contributed by atoms with Crippen LogP contribution in [-0.2, 0) is 4.79 Å². The third-order valence-corrected chi connectivity index (χ3v) is 6.82. The van der Waals surface area contributed by atoms with Crippen molar-refractivity contribution in [2.45, 2.75) is 63.8 Å². The fourth-order valence-electron chi connectivity index (χ4n) is 6.04. The largest absolute Gasteiger partial charge is 0.350 e. The summed E-state index contributed by atoms with van der Waals surface area (Å²) in [6, 6.07) is 0. The number of rotatable bonds is 3. The molecule has 4 aliphatic carbocycles. The highest BCUT2D eigenvalue weighted by atomic mass is 16.2. The van der Waals surface area contributed by atoms with E-state index in [0.29, 0.717) is 5.91 Å². The molecule has 0 aromatic rings. The van der Waals surface area contributed by atoms with E-state index in [2.05, 4.69) is 17.6 Å². The van der Waals surface area contributed by atoms with E-state index in [0.717, 1.165) is 43.7 Å². The Kier molecular flexibility index (Phi) is 2.93. The second kappa shape index (κ2) is 4.46. The molecule has 2 N–H and O–H groups in total. The van der Waals surface area contributed by atoms with Crippen LogP contribution in [0.25, 0.3) is 0 Å². The topological polar surface area (TPSA) is 41.1 Å². The lowest BCUT2D eigenvalue weighted by Crippen LogP contribution is -2.62. The lowest BCUT2D eigenvalue weighted by Gasteiger charge is -2.57. The maximum Gasteiger partial charge on any atom is 0.227 e. The van der Waals surface area contributed by atoms with Crippen molar-refractivity contribution in [1.82, 2.24) is 10.6 Å². The van der Waals surface area contributed by atoms with E-state index in [-0.39, 0.29) is 11.0 Å². The first-order valence-electron chi connectivity index (χ1n) is 8.66. The number of nitrogens with one attached hydrogen (secondary N) is 2. The summed E-state index contributed by atoms with van der Waals surface area (Å²) in [4.78, 5) is 12.9. The zero-order valence-corrected chi connectivity index (χ0v) is 12.7. The van der Waals surface area contributed by atoms with Gasteiger partial charge in [-0.1, -0.05) is 6.92 Å². The molecule has 20 heavy (non-hydrogen) atoms. The summed E-state index contributed by atoms with van der Waals surface area (Å²) in [6.45, 7) is 4.05. The van der Waals surface area contributed by atoms with Gasteiger partial charge in [0.15, 0.2) is 0 Å². The Balaban J connectivity index is 1.52. The molecule has 1 aliphatic heterocycles. The van der Waals surface area contributed by atoms with Crippen molar-refractivity contribution in [3.63, 3.8) is 0 Å². The smallest absolute Gasteiger partial charge is 0.227 e. The zero-order chi connectivity index (χ0) is 13.8. The standard InChI is InChI=1S/C17H28N2O/c1-2-16(3-4-18-11-16)15(20)19-17-8-12-5-13(9-17)7-14(6-12)10-17/h12-14,18H,2-11H2,1H3,(H,19,20). The van der Waals surface area contributed by atoms with Crippen molar-refractivity contribution in [2.75, 3.05) is 13.1 Å². The molecule has 112 valence electrons. The average molecular weight is 276 g/mol. The van der Waals surface area contributed by atoms with Crippen molar-refractivity contribution in [1.29, 1.82) is 0 Å².